The number of nitrogens with zero attached hydrogens (tertiary/aromatic N) is 1. The van der Waals surface area contributed by atoms with Crippen molar-refractivity contribution < 1.29 is 0 Å². The molecular formula is C15H30N2. The second-order valence-electron chi connectivity index (χ2n) is 6.77. The zero-order chi connectivity index (χ0) is 12.3. The van der Waals surface area contributed by atoms with Crippen molar-refractivity contribution in [2.75, 3.05) is 26.7 Å². The predicted molar refractivity (Wildman–Crippen MR) is 74.3 cm³/mol. The van der Waals surface area contributed by atoms with E-state index in [9.17, 15) is 0 Å². The Morgan fingerprint density at radius 2 is 1.76 bits per heavy atom. The SMILES string of the molecule is CNC1C(CN2CCCCCC2)CCC1(C)C. The minimum atomic E-state index is 0.491. The first kappa shape index (κ1) is 13.4. The molecule has 0 aromatic carbocycles. The Morgan fingerprint density at radius 3 is 2.35 bits per heavy atom. The molecule has 2 atom stereocenters. The van der Waals surface area contributed by atoms with Gasteiger partial charge < -0.3 is 10.2 Å². The molecule has 2 rings (SSSR count). The van der Waals surface area contributed by atoms with E-state index in [-0.39, 0.29) is 0 Å². The normalized spacial score (nSPS) is 34.8. The smallest absolute Gasteiger partial charge is 0.0156 e. The van der Waals surface area contributed by atoms with Gasteiger partial charge in [-0.05, 0) is 57.2 Å². The lowest BCUT2D eigenvalue weighted by Gasteiger charge is -2.33. The van der Waals surface area contributed by atoms with E-state index in [1.165, 1.54) is 58.2 Å². The summed E-state index contributed by atoms with van der Waals surface area (Å²) in [5.41, 5.74) is 0.491. The van der Waals surface area contributed by atoms with Crippen molar-refractivity contribution in [1.82, 2.24) is 10.2 Å². The highest BCUT2D eigenvalue weighted by molar-refractivity contribution is 4.96. The highest BCUT2D eigenvalue weighted by Gasteiger charge is 2.41. The second-order valence-corrected chi connectivity index (χ2v) is 6.77. The van der Waals surface area contributed by atoms with Gasteiger partial charge >= 0.3 is 0 Å². The molecule has 2 nitrogen and oxygen atoms in total. The molecule has 1 aliphatic heterocycles. The van der Waals surface area contributed by atoms with Crippen molar-refractivity contribution in [1.29, 1.82) is 0 Å². The summed E-state index contributed by atoms with van der Waals surface area (Å²) in [4.78, 5) is 2.73. The molecule has 2 aliphatic rings. The first-order valence-corrected chi connectivity index (χ1v) is 7.53. The first-order chi connectivity index (χ1) is 8.13. The number of nitrogens with one attached hydrogen (secondary N) is 1. The maximum Gasteiger partial charge on any atom is 0.0156 e. The zero-order valence-electron chi connectivity index (χ0n) is 12.0. The standard InChI is InChI=1S/C15H30N2/c1-15(2)9-8-13(14(15)16-3)12-17-10-6-4-5-7-11-17/h13-14,16H,4-12H2,1-3H3. The average Bonchev–Trinajstić information content (AvgIpc) is 2.48. The Bertz CT molecular complexity index is 229. The molecule has 17 heavy (non-hydrogen) atoms. The van der Waals surface area contributed by atoms with Crippen LogP contribution in [0.5, 0.6) is 0 Å². The van der Waals surface area contributed by atoms with Crippen LogP contribution in [0.15, 0.2) is 0 Å². The topological polar surface area (TPSA) is 15.3 Å². The molecule has 1 aliphatic carbocycles. The van der Waals surface area contributed by atoms with Gasteiger partial charge in [0.05, 0.1) is 0 Å². The fraction of sp³-hybridized carbons (Fsp3) is 1.00. The minimum Gasteiger partial charge on any atom is -0.316 e. The van der Waals surface area contributed by atoms with E-state index in [2.05, 4.69) is 31.1 Å². The van der Waals surface area contributed by atoms with Gasteiger partial charge in [-0.1, -0.05) is 26.7 Å². The molecule has 1 N–H and O–H groups in total. The van der Waals surface area contributed by atoms with E-state index < -0.39 is 0 Å². The Kier molecular flexibility index (Phi) is 4.48. The number of rotatable bonds is 3. The van der Waals surface area contributed by atoms with E-state index in [1.807, 2.05) is 0 Å². The molecule has 100 valence electrons. The maximum absolute atomic E-state index is 3.58. The van der Waals surface area contributed by atoms with E-state index >= 15 is 0 Å². The summed E-state index contributed by atoms with van der Waals surface area (Å²) < 4.78 is 0. The lowest BCUT2D eigenvalue weighted by Crippen LogP contribution is -2.44. The monoisotopic (exact) mass is 238 g/mol. The highest BCUT2D eigenvalue weighted by atomic mass is 15.1. The summed E-state index contributed by atoms with van der Waals surface area (Å²) in [6.07, 6.45) is 8.52. The van der Waals surface area contributed by atoms with E-state index in [1.54, 1.807) is 0 Å². The van der Waals surface area contributed by atoms with Gasteiger partial charge in [-0.15, -0.1) is 0 Å². The Morgan fingerprint density at radius 1 is 1.12 bits per heavy atom. The van der Waals surface area contributed by atoms with E-state index in [0.717, 1.165) is 5.92 Å². The third-order valence-electron chi connectivity index (χ3n) is 4.98. The van der Waals surface area contributed by atoms with Crippen LogP contribution in [0, 0.1) is 11.3 Å². The second kappa shape index (κ2) is 5.71. The zero-order valence-corrected chi connectivity index (χ0v) is 12.0. The van der Waals surface area contributed by atoms with Gasteiger partial charge in [0, 0.05) is 12.6 Å². The van der Waals surface area contributed by atoms with Crippen molar-refractivity contribution in [3.63, 3.8) is 0 Å². The minimum absolute atomic E-state index is 0.491. The summed E-state index contributed by atoms with van der Waals surface area (Å²) >= 11 is 0. The van der Waals surface area contributed by atoms with Crippen LogP contribution in [-0.2, 0) is 0 Å². The molecule has 0 aromatic heterocycles. The first-order valence-electron chi connectivity index (χ1n) is 7.53. The molecular weight excluding hydrogens is 208 g/mol. The van der Waals surface area contributed by atoms with Crippen molar-refractivity contribution >= 4 is 0 Å². The lowest BCUT2D eigenvalue weighted by molar-refractivity contribution is 0.193. The molecule has 0 radical (unpaired) electrons. The summed E-state index contributed by atoms with van der Waals surface area (Å²) in [5.74, 6) is 0.869. The molecule has 0 aromatic rings. The number of hydrogen-bond donors (Lipinski definition) is 1. The van der Waals surface area contributed by atoms with Gasteiger partial charge in [0.2, 0.25) is 0 Å². The largest absolute Gasteiger partial charge is 0.316 e. The molecule has 0 amide bonds. The highest BCUT2D eigenvalue weighted by Crippen LogP contribution is 2.41. The van der Waals surface area contributed by atoms with Crippen LogP contribution >= 0.6 is 0 Å². The fourth-order valence-electron chi connectivity index (χ4n) is 3.99. The van der Waals surface area contributed by atoms with Crippen LogP contribution < -0.4 is 5.32 Å². The summed E-state index contributed by atoms with van der Waals surface area (Å²) in [6.45, 7) is 8.86. The molecule has 1 heterocycles. The Hall–Kier alpha value is -0.0800. The molecule has 2 unspecified atom stereocenters. The van der Waals surface area contributed by atoms with Crippen LogP contribution in [-0.4, -0.2) is 37.6 Å². The molecule has 0 spiro atoms. The quantitative estimate of drug-likeness (QED) is 0.813. The molecule has 0 bridgehead atoms. The van der Waals surface area contributed by atoms with Crippen molar-refractivity contribution in [2.24, 2.45) is 11.3 Å². The molecule has 2 fully saturated rings. The Labute approximate surface area is 107 Å². The van der Waals surface area contributed by atoms with Crippen LogP contribution in [0.1, 0.15) is 52.4 Å². The van der Waals surface area contributed by atoms with Gasteiger partial charge in [-0.25, -0.2) is 0 Å². The molecule has 1 saturated heterocycles. The van der Waals surface area contributed by atoms with Crippen molar-refractivity contribution in [3.05, 3.63) is 0 Å². The number of likely N-dealkylation sites (tertiary alicyclic amines) is 1. The summed E-state index contributed by atoms with van der Waals surface area (Å²) in [7, 11) is 2.15. The number of hydrogen-bond acceptors (Lipinski definition) is 2. The summed E-state index contributed by atoms with van der Waals surface area (Å²) in [5, 5.41) is 3.58. The molecule has 1 saturated carbocycles. The van der Waals surface area contributed by atoms with Gasteiger partial charge in [0.25, 0.3) is 0 Å². The third-order valence-corrected chi connectivity index (χ3v) is 4.98. The van der Waals surface area contributed by atoms with Gasteiger partial charge in [0.1, 0.15) is 0 Å². The fourth-order valence-corrected chi connectivity index (χ4v) is 3.99. The maximum atomic E-state index is 3.58. The van der Waals surface area contributed by atoms with Crippen LogP contribution in [0.25, 0.3) is 0 Å². The van der Waals surface area contributed by atoms with Gasteiger partial charge in [-0.3, -0.25) is 0 Å². The van der Waals surface area contributed by atoms with Gasteiger partial charge in [0.15, 0.2) is 0 Å². The van der Waals surface area contributed by atoms with E-state index in [0.29, 0.717) is 11.5 Å². The van der Waals surface area contributed by atoms with Crippen LogP contribution in [0.2, 0.25) is 0 Å². The predicted octanol–water partition coefficient (Wildman–Crippen LogP) is 2.89. The van der Waals surface area contributed by atoms with Crippen LogP contribution in [0.4, 0.5) is 0 Å². The van der Waals surface area contributed by atoms with Gasteiger partial charge in [-0.2, -0.15) is 0 Å². The molecule has 2 heteroatoms. The van der Waals surface area contributed by atoms with Crippen LogP contribution in [0.3, 0.4) is 0 Å². The summed E-state index contributed by atoms with van der Waals surface area (Å²) in [6, 6.07) is 0.714. The lowest BCUT2D eigenvalue weighted by atomic mass is 9.85. The Balaban J connectivity index is 1.89. The third kappa shape index (κ3) is 3.23. The van der Waals surface area contributed by atoms with Crippen molar-refractivity contribution in [3.8, 4) is 0 Å². The van der Waals surface area contributed by atoms with E-state index in [4.69, 9.17) is 0 Å². The van der Waals surface area contributed by atoms with Crippen molar-refractivity contribution in [2.45, 2.75) is 58.4 Å². The average molecular weight is 238 g/mol.